The number of carboxylic acid groups (broad SMARTS) is 1. The van der Waals surface area contributed by atoms with Crippen LogP contribution in [0, 0.1) is 0 Å². The minimum absolute atomic E-state index is 0.0879. The molecule has 0 saturated carbocycles. The van der Waals surface area contributed by atoms with Gasteiger partial charge in [-0.2, -0.15) is 11.8 Å². The second kappa shape index (κ2) is 8.53. The van der Waals surface area contributed by atoms with Gasteiger partial charge in [0.2, 0.25) is 0 Å². The van der Waals surface area contributed by atoms with Gasteiger partial charge < -0.3 is 15.0 Å². The first-order valence-corrected chi connectivity index (χ1v) is 8.89. The van der Waals surface area contributed by atoms with Crippen LogP contribution in [0.1, 0.15) is 39.8 Å². The number of rotatable bonds is 8. The molecule has 0 saturated heterocycles. The van der Waals surface area contributed by atoms with Crippen molar-refractivity contribution in [1.82, 2.24) is 4.57 Å². The average molecular weight is 360 g/mol. The van der Waals surface area contributed by atoms with Gasteiger partial charge in [-0.25, -0.2) is 0 Å². The number of carbonyl (C=O) groups is 3. The molecule has 2 rings (SSSR count). The summed E-state index contributed by atoms with van der Waals surface area (Å²) in [5.74, 6) is 0.0420. The van der Waals surface area contributed by atoms with Crippen molar-refractivity contribution >= 4 is 35.1 Å². The van der Waals surface area contributed by atoms with E-state index in [-0.39, 0.29) is 18.1 Å². The molecule has 7 heteroatoms. The summed E-state index contributed by atoms with van der Waals surface area (Å²) < 4.78 is 1.62. The van der Waals surface area contributed by atoms with Gasteiger partial charge >= 0.3 is 5.97 Å². The summed E-state index contributed by atoms with van der Waals surface area (Å²) in [5.41, 5.74) is 2.57. The first-order valence-electron chi connectivity index (χ1n) is 7.74. The molecule has 0 atom stereocenters. The van der Waals surface area contributed by atoms with Crippen molar-refractivity contribution in [1.29, 1.82) is 0 Å². The largest absolute Gasteiger partial charge is 0.481 e. The first-order chi connectivity index (χ1) is 11.9. The lowest BCUT2D eigenvalue weighted by molar-refractivity contribution is -0.136. The Balaban J connectivity index is 2.00. The molecule has 0 aliphatic heterocycles. The fourth-order valence-electron chi connectivity index (χ4n) is 2.27. The Labute approximate surface area is 150 Å². The highest BCUT2D eigenvalue weighted by Crippen LogP contribution is 2.18. The summed E-state index contributed by atoms with van der Waals surface area (Å²) in [5, 5.41) is 11.5. The van der Waals surface area contributed by atoms with Crippen LogP contribution >= 0.6 is 11.8 Å². The summed E-state index contributed by atoms with van der Waals surface area (Å²) in [6.45, 7) is 1.46. The van der Waals surface area contributed by atoms with Gasteiger partial charge in [-0.3, -0.25) is 14.4 Å². The van der Waals surface area contributed by atoms with Gasteiger partial charge in [0, 0.05) is 36.0 Å². The van der Waals surface area contributed by atoms with E-state index in [0.717, 1.165) is 5.56 Å². The van der Waals surface area contributed by atoms with E-state index in [1.807, 2.05) is 18.2 Å². The van der Waals surface area contributed by atoms with Gasteiger partial charge in [0.15, 0.2) is 5.78 Å². The molecule has 1 aromatic carbocycles. The van der Waals surface area contributed by atoms with Crippen LogP contribution in [0.15, 0.2) is 36.5 Å². The smallest absolute Gasteiger partial charge is 0.304 e. The van der Waals surface area contributed by atoms with Crippen molar-refractivity contribution in [3.63, 3.8) is 0 Å². The van der Waals surface area contributed by atoms with Crippen LogP contribution in [0.2, 0.25) is 0 Å². The Hall–Kier alpha value is -2.54. The molecule has 0 unspecified atom stereocenters. The summed E-state index contributed by atoms with van der Waals surface area (Å²) in [7, 11) is 1.72. The highest BCUT2D eigenvalue weighted by molar-refractivity contribution is 7.98. The Morgan fingerprint density at radius 2 is 2.00 bits per heavy atom. The minimum Gasteiger partial charge on any atom is -0.481 e. The quantitative estimate of drug-likeness (QED) is 0.557. The Morgan fingerprint density at radius 1 is 1.24 bits per heavy atom. The lowest BCUT2D eigenvalue weighted by atomic mass is 10.2. The van der Waals surface area contributed by atoms with E-state index in [1.54, 1.807) is 29.9 Å². The maximum atomic E-state index is 12.4. The number of aliphatic carboxylic acids is 1. The average Bonchev–Trinajstić information content (AvgIpc) is 2.94. The van der Waals surface area contributed by atoms with Crippen molar-refractivity contribution in [2.24, 2.45) is 7.05 Å². The van der Waals surface area contributed by atoms with Crippen LogP contribution in [0.5, 0.6) is 0 Å². The number of hydrogen-bond acceptors (Lipinski definition) is 4. The van der Waals surface area contributed by atoms with Gasteiger partial charge in [-0.1, -0.05) is 12.1 Å². The number of Topliss-reactive ketones (excluding diaryl/α,β-unsaturated/α-hetero) is 1. The lowest BCUT2D eigenvalue weighted by Gasteiger charge is -2.08. The zero-order valence-corrected chi connectivity index (χ0v) is 14.9. The number of amides is 1. The molecule has 1 heterocycles. The maximum absolute atomic E-state index is 12.4. The van der Waals surface area contributed by atoms with E-state index in [9.17, 15) is 14.4 Å². The van der Waals surface area contributed by atoms with Gasteiger partial charge in [-0.15, -0.1) is 0 Å². The molecular formula is C18H20N2O4S. The van der Waals surface area contributed by atoms with Crippen molar-refractivity contribution in [3.8, 4) is 0 Å². The maximum Gasteiger partial charge on any atom is 0.304 e. The summed E-state index contributed by atoms with van der Waals surface area (Å²) in [6.07, 6.45) is 1.76. The van der Waals surface area contributed by atoms with E-state index in [2.05, 4.69) is 5.32 Å². The van der Waals surface area contributed by atoms with Crippen molar-refractivity contribution < 1.29 is 19.5 Å². The van der Waals surface area contributed by atoms with Gasteiger partial charge in [0.25, 0.3) is 5.91 Å². The summed E-state index contributed by atoms with van der Waals surface area (Å²) >= 11 is 1.53. The molecule has 132 valence electrons. The lowest BCUT2D eigenvalue weighted by Crippen LogP contribution is -2.15. The normalized spacial score (nSPS) is 10.5. The third-order valence-corrected chi connectivity index (χ3v) is 4.59. The number of carbonyl (C=O) groups excluding carboxylic acids is 2. The number of thioether (sulfide) groups is 1. The van der Waals surface area contributed by atoms with E-state index in [1.165, 1.54) is 18.7 Å². The number of benzene rings is 1. The molecule has 0 fully saturated rings. The van der Waals surface area contributed by atoms with Gasteiger partial charge in [-0.05, 0) is 30.7 Å². The van der Waals surface area contributed by atoms with E-state index >= 15 is 0 Å². The molecule has 1 amide bonds. The fraction of sp³-hybridized carbons (Fsp3) is 0.278. The standard InChI is InChI=1S/C18H20N2O4S/c1-12(21)14-9-16(20(2)10-14)18(24)19-15-5-3-4-13(8-15)11-25-7-6-17(22)23/h3-5,8-10H,6-7,11H2,1-2H3,(H,19,24)(H,22,23). The third kappa shape index (κ3) is 5.49. The van der Waals surface area contributed by atoms with Crippen molar-refractivity contribution in [2.45, 2.75) is 19.1 Å². The second-order valence-corrected chi connectivity index (χ2v) is 6.74. The monoisotopic (exact) mass is 360 g/mol. The Morgan fingerprint density at radius 3 is 2.64 bits per heavy atom. The number of aryl methyl sites for hydroxylation is 1. The predicted octanol–water partition coefficient (Wildman–Crippen LogP) is 3.19. The molecule has 2 N–H and O–H groups in total. The van der Waals surface area contributed by atoms with Crippen molar-refractivity contribution in [2.75, 3.05) is 11.1 Å². The molecule has 0 bridgehead atoms. The predicted molar refractivity (Wildman–Crippen MR) is 98.2 cm³/mol. The summed E-state index contributed by atoms with van der Waals surface area (Å²) in [6, 6.07) is 9.00. The molecule has 6 nitrogen and oxygen atoms in total. The molecule has 0 spiro atoms. The van der Waals surface area contributed by atoms with Gasteiger partial charge in [0.1, 0.15) is 5.69 Å². The number of hydrogen-bond donors (Lipinski definition) is 2. The molecular weight excluding hydrogens is 340 g/mol. The van der Waals surface area contributed by atoms with Crippen LogP contribution in [-0.2, 0) is 17.6 Å². The topological polar surface area (TPSA) is 88.4 Å². The van der Waals surface area contributed by atoms with Crippen LogP contribution in [0.25, 0.3) is 0 Å². The zero-order chi connectivity index (χ0) is 18.4. The molecule has 0 aliphatic rings. The number of anilines is 1. The van der Waals surface area contributed by atoms with E-state index < -0.39 is 5.97 Å². The first kappa shape index (κ1) is 18.8. The minimum atomic E-state index is -0.805. The fourth-order valence-corrected chi connectivity index (χ4v) is 3.14. The SMILES string of the molecule is CC(=O)c1cc(C(=O)Nc2cccc(CSCCC(=O)O)c2)n(C)c1. The summed E-state index contributed by atoms with van der Waals surface area (Å²) in [4.78, 5) is 34.3. The second-order valence-electron chi connectivity index (χ2n) is 5.63. The molecule has 0 radical (unpaired) electrons. The van der Waals surface area contributed by atoms with Crippen LogP contribution in [0.3, 0.4) is 0 Å². The molecule has 0 aliphatic carbocycles. The number of ketones is 1. The number of carboxylic acids is 1. The van der Waals surface area contributed by atoms with Crippen LogP contribution < -0.4 is 5.32 Å². The van der Waals surface area contributed by atoms with Crippen molar-refractivity contribution in [3.05, 3.63) is 53.3 Å². The molecule has 2 aromatic rings. The number of nitrogens with one attached hydrogen (secondary N) is 1. The Kier molecular flexibility index (Phi) is 6.41. The van der Waals surface area contributed by atoms with E-state index in [0.29, 0.717) is 28.5 Å². The van der Waals surface area contributed by atoms with Crippen LogP contribution in [-0.4, -0.2) is 33.1 Å². The molecule has 1 aromatic heterocycles. The zero-order valence-electron chi connectivity index (χ0n) is 14.1. The Bertz CT molecular complexity index is 798. The highest BCUT2D eigenvalue weighted by Gasteiger charge is 2.14. The van der Waals surface area contributed by atoms with E-state index in [4.69, 9.17) is 5.11 Å². The highest BCUT2D eigenvalue weighted by atomic mass is 32.2. The number of aromatic nitrogens is 1. The number of nitrogens with zero attached hydrogens (tertiary/aromatic N) is 1. The van der Waals surface area contributed by atoms with Gasteiger partial charge in [0.05, 0.1) is 6.42 Å². The van der Waals surface area contributed by atoms with Crippen LogP contribution in [0.4, 0.5) is 5.69 Å². The molecule has 25 heavy (non-hydrogen) atoms. The third-order valence-electron chi connectivity index (χ3n) is 3.56.